The van der Waals surface area contributed by atoms with Crippen LogP contribution in [0.25, 0.3) is 0 Å². The van der Waals surface area contributed by atoms with Crippen molar-refractivity contribution in [2.24, 2.45) is 0 Å². The third kappa shape index (κ3) is 3.26. The minimum Gasteiger partial charge on any atom is -0.493 e. The monoisotopic (exact) mass is 357 g/mol. The van der Waals surface area contributed by atoms with Gasteiger partial charge in [-0.2, -0.15) is 0 Å². The molecule has 0 spiro atoms. The molecular weight excluding hydrogens is 338 g/mol. The van der Waals surface area contributed by atoms with Crippen LogP contribution in [-0.4, -0.2) is 38.1 Å². The summed E-state index contributed by atoms with van der Waals surface area (Å²) in [6.45, 7) is 0. The maximum Gasteiger partial charge on any atom is 0.255 e. The number of hydrogen-bond donors (Lipinski definition) is 1. The second kappa shape index (κ2) is 7.02. The summed E-state index contributed by atoms with van der Waals surface area (Å²) in [7, 11) is 4.58. The molecule has 1 fully saturated rings. The van der Waals surface area contributed by atoms with Crippen LogP contribution in [0.1, 0.15) is 29.6 Å². The van der Waals surface area contributed by atoms with Crippen LogP contribution in [0.4, 0.5) is 0 Å². The van der Waals surface area contributed by atoms with Crippen LogP contribution < -0.4 is 19.5 Å². The number of carbonyl (C=O) groups excluding carboxylic acids is 1. The Bertz CT molecular complexity index is 521. The number of alkyl halides is 1. The topological polar surface area (TPSA) is 56.8 Å². The van der Waals surface area contributed by atoms with Crippen molar-refractivity contribution in [3.8, 4) is 17.2 Å². The summed E-state index contributed by atoms with van der Waals surface area (Å²) in [4.78, 5) is 12.8. The van der Waals surface area contributed by atoms with Gasteiger partial charge in [0.05, 0.1) is 26.9 Å². The molecule has 1 amide bonds. The van der Waals surface area contributed by atoms with Crippen LogP contribution in [0.5, 0.6) is 17.2 Å². The molecule has 0 bridgehead atoms. The molecule has 116 valence electrons. The van der Waals surface area contributed by atoms with E-state index in [-0.39, 0.29) is 11.9 Å². The van der Waals surface area contributed by atoms with Gasteiger partial charge in [-0.1, -0.05) is 22.4 Å². The van der Waals surface area contributed by atoms with E-state index in [1.807, 2.05) is 0 Å². The van der Waals surface area contributed by atoms with E-state index in [1.165, 1.54) is 14.2 Å². The second-order valence-corrected chi connectivity index (χ2v) is 6.08. The third-order valence-electron chi connectivity index (χ3n) is 3.70. The molecule has 0 heterocycles. The average molecular weight is 358 g/mol. The van der Waals surface area contributed by atoms with Crippen LogP contribution >= 0.6 is 15.9 Å². The number of benzene rings is 1. The largest absolute Gasteiger partial charge is 0.493 e. The number of amides is 1. The Morgan fingerprint density at radius 1 is 1.14 bits per heavy atom. The maximum absolute atomic E-state index is 12.5. The molecule has 2 atom stereocenters. The molecule has 0 aliphatic heterocycles. The summed E-state index contributed by atoms with van der Waals surface area (Å²) in [6, 6.07) is 3.54. The van der Waals surface area contributed by atoms with Gasteiger partial charge in [0.25, 0.3) is 5.91 Å². The smallest absolute Gasteiger partial charge is 0.255 e. The normalized spacial score (nSPS) is 21.0. The number of nitrogens with one attached hydrogen (secondary N) is 1. The van der Waals surface area contributed by atoms with Gasteiger partial charge in [0.15, 0.2) is 11.5 Å². The molecule has 0 radical (unpaired) electrons. The minimum absolute atomic E-state index is 0.148. The lowest BCUT2D eigenvalue weighted by atomic mass is 10.1. The molecule has 6 heteroatoms. The van der Waals surface area contributed by atoms with Gasteiger partial charge < -0.3 is 19.5 Å². The first kappa shape index (κ1) is 15.9. The molecule has 21 heavy (non-hydrogen) atoms. The van der Waals surface area contributed by atoms with E-state index < -0.39 is 0 Å². The summed E-state index contributed by atoms with van der Waals surface area (Å²) in [6.07, 6.45) is 3.18. The van der Waals surface area contributed by atoms with Crippen molar-refractivity contribution in [3.63, 3.8) is 0 Å². The Balaban J connectivity index is 2.28. The molecule has 1 aliphatic rings. The quantitative estimate of drug-likeness (QED) is 0.823. The van der Waals surface area contributed by atoms with E-state index in [4.69, 9.17) is 14.2 Å². The lowest BCUT2D eigenvalue weighted by molar-refractivity contribution is 0.0935. The fourth-order valence-electron chi connectivity index (χ4n) is 2.60. The Morgan fingerprint density at radius 2 is 1.86 bits per heavy atom. The first-order chi connectivity index (χ1) is 10.1. The van der Waals surface area contributed by atoms with Gasteiger partial charge in [0.2, 0.25) is 5.75 Å². The number of ether oxygens (including phenoxy) is 3. The Labute approximate surface area is 133 Å². The van der Waals surface area contributed by atoms with Crippen molar-refractivity contribution in [1.82, 2.24) is 5.32 Å². The zero-order valence-corrected chi connectivity index (χ0v) is 14.0. The van der Waals surface area contributed by atoms with E-state index in [9.17, 15) is 4.79 Å². The fraction of sp³-hybridized carbons (Fsp3) is 0.533. The molecule has 0 aromatic heterocycles. The van der Waals surface area contributed by atoms with Crippen molar-refractivity contribution >= 4 is 21.8 Å². The van der Waals surface area contributed by atoms with Crippen molar-refractivity contribution in [2.45, 2.75) is 30.1 Å². The van der Waals surface area contributed by atoms with E-state index >= 15 is 0 Å². The predicted octanol–water partition coefficient (Wildman–Crippen LogP) is 2.76. The second-order valence-electron chi connectivity index (χ2n) is 4.91. The molecular formula is C15H20BrNO4. The van der Waals surface area contributed by atoms with E-state index in [1.54, 1.807) is 19.2 Å². The summed E-state index contributed by atoms with van der Waals surface area (Å²) in [5.74, 6) is 1.18. The van der Waals surface area contributed by atoms with Gasteiger partial charge in [-0.15, -0.1) is 0 Å². The lowest BCUT2D eigenvalue weighted by Crippen LogP contribution is -2.37. The van der Waals surface area contributed by atoms with Crippen LogP contribution in [0.2, 0.25) is 0 Å². The minimum atomic E-state index is -0.163. The van der Waals surface area contributed by atoms with Gasteiger partial charge in [0.1, 0.15) is 0 Å². The number of methoxy groups -OCH3 is 3. The first-order valence-electron chi connectivity index (χ1n) is 6.86. The van der Waals surface area contributed by atoms with Crippen LogP contribution in [0.15, 0.2) is 12.1 Å². The average Bonchev–Trinajstić information content (AvgIpc) is 2.90. The highest BCUT2D eigenvalue weighted by Crippen LogP contribution is 2.39. The Hall–Kier alpha value is -1.43. The highest BCUT2D eigenvalue weighted by atomic mass is 79.9. The standard InChI is InChI=1S/C15H20BrNO4/c1-19-12-8-7-9(13(20-2)14(12)21-3)15(18)17-11-6-4-5-10(11)16/h7-8,10-11H,4-6H2,1-3H3,(H,17,18). The van der Waals surface area contributed by atoms with Crippen molar-refractivity contribution < 1.29 is 19.0 Å². The molecule has 1 saturated carbocycles. The maximum atomic E-state index is 12.5. The first-order valence-corrected chi connectivity index (χ1v) is 7.77. The zero-order chi connectivity index (χ0) is 15.4. The fourth-order valence-corrected chi connectivity index (χ4v) is 3.32. The predicted molar refractivity (Wildman–Crippen MR) is 83.9 cm³/mol. The van der Waals surface area contributed by atoms with Crippen molar-refractivity contribution in [1.29, 1.82) is 0 Å². The van der Waals surface area contributed by atoms with Gasteiger partial charge in [-0.3, -0.25) is 4.79 Å². The highest BCUT2D eigenvalue weighted by Gasteiger charge is 2.28. The van der Waals surface area contributed by atoms with Gasteiger partial charge in [-0.25, -0.2) is 0 Å². The SMILES string of the molecule is COc1ccc(C(=O)NC2CCCC2Br)c(OC)c1OC. The zero-order valence-electron chi connectivity index (χ0n) is 12.4. The van der Waals surface area contributed by atoms with E-state index in [0.717, 1.165) is 19.3 Å². The van der Waals surface area contributed by atoms with Crippen LogP contribution in [0.3, 0.4) is 0 Å². The lowest BCUT2D eigenvalue weighted by Gasteiger charge is -2.19. The summed E-state index contributed by atoms with van der Waals surface area (Å²) >= 11 is 3.60. The molecule has 2 rings (SSSR count). The van der Waals surface area contributed by atoms with Gasteiger partial charge in [-0.05, 0) is 25.0 Å². The molecule has 2 unspecified atom stereocenters. The summed E-state index contributed by atoms with van der Waals surface area (Å²) < 4.78 is 15.9. The van der Waals surface area contributed by atoms with Crippen LogP contribution in [-0.2, 0) is 0 Å². The molecule has 1 aromatic rings. The molecule has 1 aliphatic carbocycles. The van der Waals surface area contributed by atoms with Crippen molar-refractivity contribution in [2.75, 3.05) is 21.3 Å². The van der Waals surface area contributed by atoms with Crippen molar-refractivity contribution in [3.05, 3.63) is 17.7 Å². The van der Waals surface area contributed by atoms with Gasteiger partial charge >= 0.3 is 0 Å². The summed E-state index contributed by atoms with van der Waals surface area (Å²) in [5.41, 5.74) is 0.446. The number of rotatable bonds is 5. The molecule has 1 aromatic carbocycles. The third-order valence-corrected chi connectivity index (χ3v) is 4.79. The number of halogens is 1. The summed E-state index contributed by atoms with van der Waals surface area (Å²) in [5, 5.41) is 3.05. The van der Waals surface area contributed by atoms with Crippen LogP contribution in [0, 0.1) is 0 Å². The Morgan fingerprint density at radius 3 is 2.38 bits per heavy atom. The van der Waals surface area contributed by atoms with E-state index in [0.29, 0.717) is 27.6 Å². The number of carbonyl (C=O) groups is 1. The Kier molecular flexibility index (Phi) is 5.33. The van der Waals surface area contributed by atoms with Gasteiger partial charge in [0, 0.05) is 10.9 Å². The molecule has 1 N–H and O–H groups in total. The van der Waals surface area contributed by atoms with E-state index in [2.05, 4.69) is 21.2 Å². The number of hydrogen-bond acceptors (Lipinski definition) is 4. The molecule has 5 nitrogen and oxygen atoms in total. The highest BCUT2D eigenvalue weighted by molar-refractivity contribution is 9.09. The molecule has 0 saturated heterocycles.